The molecule has 1 nitrogen and oxygen atoms in total. The summed E-state index contributed by atoms with van der Waals surface area (Å²) in [6.07, 6.45) is 6.06. The van der Waals surface area contributed by atoms with Crippen molar-refractivity contribution < 1.29 is 4.74 Å². The standard InChI is InChI=1S/C12H20O/c1-6-9-13-12(10(4)7-2)11(5)8-3/h6-8,12H,1,9H2,2-5H3/b10-7+,11-8+. The van der Waals surface area contributed by atoms with E-state index in [1.165, 1.54) is 11.1 Å². The SMILES string of the molecule is C=CCOC(/C(C)=C/C)/C(C)=C/C. The molecule has 13 heavy (non-hydrogen) atoms. The second-order valence-corrected chi connectivity index (χ2v) is 3.07. The Labute approximate surface area is 81.8 Å². The molecule has 0 aliphatic rings. The summed E-state index contributed by atoms with van der Waals surface area (Å²) in [5.74, 6) is 0. The lowest BCUT2D eigenvalue weighted by Gasteiger charge is -2.18. The highest BCUT2D eigenvalue weighted by molar-refractivity contribution is 5.19. The lowest BCUT2D eigenvalue weighted by atomic mass is 10.0. The number of rotatable bonds is 5. The summed E-state index contributed by atoms with van der Waals surface area (Å²) >= 11 is 0. The third-order valence-corrected chi connectivity index (χ3v) is 2.12. The molecule has 0 amide bonds. The van der Waals surface area contributed by atoms with Crippen molar-refractivity contribution in [3.8, 4) is 0 Å². The van der Waals surface area contributed by atoms with E-state index in [-0.39, 0.29) is 6.10 Å². The Balaban J connectivity index is 4.45. The molecule has 0 N–H and O–H groups in total. The van der Waals surface area contributed by atoms with Crippen molar-refractivity contribution in [2.75, 3.05) is 6.61 Å². The highest BCUT2D eigenvalue weighted by Crippen LogP contribution is 2.15. The second-order valence-electron chi connectivity index (χ2n) is 3.07. The van der Waals surface area contributed by atoms with Crippen LogP contribution in [0.4, 0.5) is 0 Å². The molecule has 0 saturated heterocycles. The lowest BCUT2D eigenvalue weighted by Crippen LogP contribution is -2.16. The fraction of sp³-hybridized carbons (Fsp3) is 0.500. The molecule has 0 aromatic heterocycles. The van der Waals surface area contributed by atoms with Crippen LogP contribution in [0.15, 0.2) is 36.0 Å². The monoisotopic (exact) mass is 180 g/mol. The topological polar surface area (TPSA) is 9.23 Å². The third-order valence-electron chi connectivity index (χ3n) is 2.12. The number of hydrogen-bond acceptors (Lipinski definition) is 1. The number of hydrogen-bond donors (Lipinski definition) is 0. The van der Waals surface area contributed by atoms with Crippen LogP contribution in [0.3, 0.4) is 0 Å². The van der Waals surface area contributed by atoms with Crippen LogP contribution in [0, 0.1) is 0 Å². The highest BCUT2D eigenvalue weighted by atomic mass is 16.5. The van der Waals surface area contributed by atoms with E-state index in [0.717, 1.165) is 0 Å². The van der Waals surface area contributed by atoms with E-state index in [4.69, 9.17) is 4.74 Å². The smallest absolute Gasteiger partial charge is 0.0994 e. The predicted molar refractivity (Wildman–Crippen MR) is 58.8 cm³/mol. The van der Waals surface area contributed by atoms with Crippen molar-refractivity contribution in [2.24, 2.45) is 0 Å². The van der Waals surface area contributed by atoms with Gasteiger partial charge in [-0.25, -0.2) is 0 Å². The minimum Gasteiger partial charge on any atom is -0.365 e. The number of ether oxygens (including phenoxy) is 1. The molecule has 1 heteroatoms. The molecule has 0 heterocycles. The first-order chi connectivity index (χ1) is 6.17. The Morgan fingerprint density at radius 2 is 1.69 bits per heavy atom. The van der Waals surface area contributed by atoms with Gasteiger partial charge in [-0.3, -0.25) is 0 Å². The maximum Gasteiger partial charge on any atom is 0.0994 e. The van der Waals surface area contributed by atoms with E-state index in [9.17, 15) is 0 Å². The fourth-order valence-electron chi connectivity index (χ4n) is 1.09. The molecule has 0 aromatic carbocycles. The Bertz CT molecular complexity index is 193. The molecule has 0 bridgehead atoms. The zero-order valence-electron chi connectivity index (χ0n) is 9.13. The molecular weight excluding hydrogens is 160 g/mol. The van der Waals surface area contributed by atoms with Crippen LogP contribution in [0.5, 0.6) is 0 Å². The minimum absolute atomic E-state index is 0.119. The number of allylic oxidation sites excluding steroid dienone is 2. The van der Waals surface area contributed by atoms with E-state index >= 15 is 0 Å². The first-order valence-electron chi connectivity index (χ1n) is 4.65. The lowest BCUT2D eigenvalue weighted by molar-refractivity contribution is 0.126. The molecular formula is C12H20O. The molecule has 74 valence electrons. The summed E-state index contributed by atoms with van der Waals surface area (Å²) in [6, 6.07) is 0. The van der Waals surface area contributed by atoms with Crippen molar-refractivity contribution in [1.82, 2.24) is 0 Å². The zero-order chi connectivity index (χ0) is 10.3. The molecule has 0 fully saturated rings. The molecule has 0 unspecified atom stereocenters. The van der Waals surface area contributed by atoms with Crippen LogP contribution in [0.25, 0.3) is 0 Å². The van der Waals surface area contributed by atoms with Crippen LogP contribution >= 0.6 is 0 Å². The van der Waals surface area contributed by atoms with E-state index in [1.807, 2.05) is 13.8 Å². The molecule has 0 radical (unpaired) electrons. The van der Waals surface area contributed by atoms with E-state index < -0.39 is 0 Å². The summed E-state index contributed by atoms with van der Waals surface area (Å²) < 4.78 is 5.64. The minimum atomic E-state index is 0.119. The molecule has 0 aliphatic carbocycles. The van der Waals surface area contributed by atoms with Crippen LogP contribution in [0.2, 0.25) is 0 Å². The summed E-state index contributed by atoms with van der Waals surface area (Å²) in [7, 11) is 0. The van der Waals surface area contributed by atoms with Crippen molar-refractivity contribution in [3.05, 3.63) is 36.0 Å². The second kappa shape index (κ2) is 6.67. The predicted octanol–water partition coefficient (Wildman–Crippen LogP) is 3.49. The van der Waals surface area contributed by atoms with Gasteiger partial charge in [0.1, 0.15) is 0 Å². The molecule has 0 atom stereocenters. The Kier molecular flexibility index (Phi) is 6.25. The van der Waals surface area contributed by atoms with Crippen molar-refractivity contribution in [2.45, 2.75) is 33.8 Å². The average Bonchev–Trinajstić information content (AvgIpc) is 2.17. The molecule has 0 rings (SSSR count). The van der Waals surface area contributed by atoms with E-state index in [1.54, 1.807) is 6.08 Å². The van der Waals surface area contributed by atoms with Crippen molar-refractivity contribution in [3.63, 3.8) is 0 Å². The third kappa shape index (κ3) is 4.09. The van der Waals surface area contributed by atoms with Gasteiger partial charge in [0.05, 0.1) is 12.7 Å². The molecule has 0 spiro atoms. The summed E-state index contributed by atoms with van der Waals surface area (Å²) in [4.78, 5) is 0. The van der Waals surface area contributed by atoms with Gasteiger partial charge < -0.3 is 4.74 Å². The fourth-order valence-corrected chi connectivity index (χ4v) is 1.09. The molecule has 0 aromatic rings. The van der Waals surface area contributed by atoms with Gasteiger partial charge in [-0.2, -0.15) is 0 Å². The first-order valence-corrected chi connectivity index (χ1v) is 4.65. The van der Waals surface area contributed by atoms with Crippen LogP contribution < -0.4 is 0 Å². The van der Waals surface area contributed by atoms with Gasteiger partial charge in [-0.1, -0.05) is 18.2 Å². The van der Waals surface area contributed by atoms with Gasteiger partial charge in [0, 0.05) is 0 Å². The van der Waals surface area contributed by atoms with Crippen molar-refractivity contribution in [1.29, 1.82) is 0 Å². The van der Waals surface area contributed by atoms with Gasteiger partial charge in [-0.05, 0) is 38.8 Å². The maximum absolute atomic E-state index is 5.64. The first kappa shape index (κ1) is 12.2. The van der Waals surface area contributed by atoms with Gasteiger partial charge in [0.25, 0.3) is 0 Å². The van der Waals surface area contributed by atoms with E-state index in [0.29, 0.717) is 6.61 Å². The quantitative estimate of drug-likeness (QED) is 0.588. The summed E-state index contributed by atoms with van der Waals surface area (Å²) in [5.41, 5.74) is 2.50. The Morgan fingerprint density at radius 3 is 2.00 bits per heavy atom. The van der Waals surface area contributed by atoms with Gasteiger partial charge in [-0.15, -0.1) is 6.58 Å². The summed E-state index contributed by atoms with van der Waals surface area (Å²) in [6.45, 7) is 12.5. The Hall–Kier alpha value is -0.820. The normalized spacial score (nSPS) is 13.6. The maximum atomic E-state index is 5.64. The Morgan fingerprint density at radius 1 is 1.23 bits per heavy atom. The zero-order valence-corrected chi connectivity index (χ0v) is 9.13. The molecule has 0 aliphatic heterocycles. The largest absolute Gasteiger partial charge is 0.365 e. The molecule has 0 saturated carbocycles. The highest BCUT2D eigenvalue weighted by Gasteiger charge is 2.10. The van der Waals surface area contributed by atoms with Gasteiger partial charge >= 0.3 is 0 Å². The van der Waals surface area contributed by atoms with Gasteiger partial charge in [0.15, 0.2) is 0 Å². The van der Waals surface area contributed by atoms with Crippen LogP contribution in [0.1, 0.15) is 27.7 Å². The van der Waals surface area contributed by atoms with Crippen LogP contribution in [-0.4, -0.2) is 12.7 Å². The summed E-state index contributed by atoms with van der Waals surface area (Å²) in [5, 5.41) is 0. The van der Waals surface area contributed by atoms with Crippen LogP contribution in [-0.2, 0) is 4.74 Å². The van der Waals surface area contributed by atoms with Crippen molar-refractivity contribution >= 4 is 0 Å². The van der Waals surface area contributed by atoms with E-state index in [2.05, 4.69) is 32.6 Å². The van der Waals surface area contributed by atoms with Gasteiger partial charge in [0.2, 0.25) is 0 Å². The average molecular weight is 180 g/mol.